The number of rotatable bonds is 3. The van der Waals surface area contributed by atoms with Crippen LogP contribution < -0.4 is 5.56 Å². The monoisotopic (exact) mass is 232 g/mol. The highest BCUT2D eigenvalue weighted by molar-refractivity contribution is 5.47. The van der Waals surface area contributed by atoms with Gasteiger partial charge in [-0.1, -0.05) is 13.8 Å². The maximum atomic E-state index is 11.8. The van der Waals surface area contributed by atoms with E-state index in [0.717, 1.165) is 23.4 Å². The molecule has 0 saturated carbocycles. The Bertz CT molecular complexity index is 581. The van der Waals surface area contributed by atoms with Crippen LogP contribution >= 0.6 is 0 Å². The number of hydrogen-bond acceptors (Lipinski definition) is 3. The van der Waals surface area contributed by atoms with Crippen molar-refractivity contribution in [2.45, 2.75) is 33.6 Å². The molecule has 0 aliphatic heterocycles. The number of hydrogen-bond donors (Lipinski definition) is 1. The number of furan rings is 1. The van der Waals surface area contributed by atoms with Crippen molar-refractivity contribution in [2.75, 3.05) is 0 Å². The number of aromatic amines is 1. The van der Waals surface area contributed by atoms with Crippen molar-refractivity contribution in [3.8, 4) is 11.6 Å². The van der Waals surface area contributed by atoms with Crippen LogP contribution in [0.1, 0.15) is 30.9 Å². The van der Waals surface area contributed by atoms with Gasteiger partial charge in [0.05, 0.1) is 0 Å². The van der Waals surface area contributed by atoms with Gasteiger partial charge in [0, 0.05) is 17.7 Å². The topological polar surface area (TPSA) is 58.9 Å². The molecular weight excluding hydrogens is 216 g/mol. The molecular formula is C13H16N2O2. The Labute approximate surface area is 99.7 Å². The molecule has 0 aliphatic rings. The largest absolute Gasteiger partial charge is 0.458 e. The zero-order valence-corrected chi connectivity index (χ0v) is 10.3. The Hall–Kier alpha value is -1.84. The molecule has 0 fully saturated rings. The van der Waals surface area contributed by atoms with Crippen LogP contribution in [-0.4, -0.2) is 9.97 Å². The molecule has 0 atom stereocenters. The highest BCUT2D eigenvalue weighted by Crippen LogP contribution is 2.18. The smallest absolute Gasteiger partial charge is 0.254 e. The second-order valence-corrected chi connectivity index (χ2v) is 3.95. The van der Waals surface area contributed by atoms with E-state index >= 15 is 0 Å². The fourth-order valence-corrected chi connectivity index (χ4v) is 1.84. The quantitative estimate of drug-likeness (QED) is 0.884. The number of nitrogens with zero attached hydrogens (tertiary/aromatic N) is 1. The van der Waals surface area contributed by atoms with Crippen molar-refractivity contribution >= 4 is 0 Å². The minimum atomic E-state index is -0.0792. The van der Waals surface area contributed by atoms with Gasteiger partial charge >= 0.3 is 0 Å². The summed E-state index contributed by atoms with van der Waals surface area (Å²) in [7, 11) is 0. The summed E-state index contributed by atoms with van der Waals surface area (Å²) < 4.78 is 5.57. The first-order valence-electron chi connectivity index (χ1n) is 5.84. The molecule has 90 valence electrons. The Balaban J connectivity index is 2.50. The van der Waals surface area contributed by atoms with Gasteiger partial charge in [-0.2, -0.15) is 0 Å². The van der Waals surface area contributed by atoms with Gasteiger partial charge in [0.2, 0.25) is 0 Å². The van der Waals surface area contributed by atoms with Gasteiger partial charge < -0.3 is 9.40 Å². The third-order valence-electron chi connectivity index (χ3n) is 2.82. The first-order chi connectivity index (χ1) is 8.15. The molecule has 2 aromatic rings. The summed E-state index contributed by atoms with van der Waals surface area (Å²) >= 11 is 0. The van der Waals surface area contributed by atoms with Crippen molar-refractivity contribution < 1.29 is 4.42 Å². The molecule has 2 aromatic heterocycles. The summed E-state index contributed by atoms with van der Waals surface area (Å²) in [6, 6.07) is 3.74. The molecule has 2 rings (SSSR count). The first-order valence-corrected chi connectivity index (χ1v) is 5.84. The van der Waals surface area contributed by atoms with Crippen LogP contribution in [0.3, 0.4) is 0 Å². The predicted molar refractivity (Wildman–Crippen MR) is 66.1 cm³/mol. The van der Waals surface area contributed by atoms with E-state index < -0.39 is 0 Å². The summed E-state index contributed by atoms with van der Waals surface area (Å²) in [4.78, 5) is 18.9. The number of aromatic nitrogens is 2. The number of nitrogens with one attached hydrogen (secondary N) is 1. The second-order valence-electron chi connectivity index (χ2n) is 3.95. The maximum absolute atomic E-state index is 11.8. The molecule has 2 heterocycles. The van der Waals surface area contributed by atoms with Gasteiger partial charge in [0.25, 0.3) is 5.56 Å². The molecule has 1 N–H and O–H groups in total. The van der Waals surface area contributed by atoms with E-state index in [4.69, 9.17) is 4.42 Å². The van der Waals surface area contributed by atoms with Crippen LogP contribution in [0, 0.1) is 6.92 Å². The van der Waals surface area contributed by atoms with Crippen LogP contribution in [-0.2, 0) is 12.8 Å². The Morgan fingerprint density at radius 2 is 2.06 bits per heavy atom. The van der Waals surface area contributed by atoms with Crippen molar-refractivity contribution in [3.05, 3.63) is 39.5 Å². The van der Waals surface area contributed by atoms with E-state index in [2.05, 4.69) is 9.97 Å². The van der Waals surface area contributed by atoms with Crippen molar-refractivity contribution in [3.63, 3.8) is 0 Å². The van der Waals surface area contributed by atoms with Crippen molar-refractivity contribution in [2.24, 2.45) is 0 Å². The molecule has 0 unspecified atom stereocenters. The van der Waals surface area contributed by atoms with Gasteiger partial charge in [-0.3, -0.25) is 4.79 Å². The third kappa shape index (κ3) is 2.16. The van der Waals surface area contributed by atoms with Gasteiger partial charge in [0.1, 0.15) is 5.76 Å². The molecule has 0 amide bonds. The first kappa shape index (κ1) is 11.6. The molecule has 0 bridgehead atoms. The fourth-order valence-electron chi connectivity index (χ4n) is 1.84. The molecule has 0 spiro atoms. The average Bonchev–Trinajstić information content (AvgIpc) is 2.77. The lowest BCUT2D eigenvalue weighted by Gasteiger charge is -2.03. The lowest BCUT2D eigenvalue weighted by molar-refractivity contribution is 0.525. The molecule has 4 nitrogen and oxygen atoms in total. The zero-order chi connectivity index (χ0) is 12.4. The second kappa shape index (κ2) is 4.57. The molecule has 0 saturated heterocycles. The minimum Gasteiger partial charge on any atom is -0.458 e. The van der Waals surface area contributed by atoms with Crippen LogP contribution in [0.4, 0.5) is 0 Å². The van der Waals surface area contributed by atoms with Gasteiger partial charge in [-0.15, -0.1) is 0 Å². The van der Waals surface area contributed by atoms with E-state index in [1.807, 2.05) is 32.9 Å². The van der Waals surface area contributed by atoms with E-state index in [-0.39, 0.29) is 5.56 Å². The lowest BCUT2D eigenvalue weighted by atomic mass is 10.2. The SMILES string of the molecule is CCc1ccc(-c2nc(C)c(CC)c(=O)[nH]2)o1. The number of H-pyrrole nitrogens is 1. The summed E-state index contributed by atoms with van der Waals surface area (Å²) in [6.45, 7) is 5.81. The Morgan fingerprint density at radius 1 is 1.29 bits per heavy atom. The Morgan fingerprint density at radius 3 is 2.59 bits per heavy atom. The minimum absolute atomic E-state index is 0.0792. The van der Waals surface area contributed by atoms with Crippen molar-refractivity contribution in [1.29, 1.82) is 0 Å². The molecule has 4 heteroatoms. The highest BCUT2D eigenvalue weighted by Gasteiger charge is 2.10. The zero-order valence-electron chi connectivity index (χ0n) is 10.3. The number of aryl methyl sites for hydroxylation is 2. The van der Waals surface area contributed by atoms with E-state index in [9.17, 15) is 4.79 Å². The van der Waals surface area contributed by atoms with E-state index in [0.29, 0.717) is 18.0 Å². The maximum Gasteiger partial charge on any atom is 0.254 e. The third-order valence-corrected chi connectivity index (χ3v) is 2.82. The highest BCUT2D eigenvalue weighted by atomic mass is 16.3. The summed E-state index contributed by atoms with van der Waals surface area (Å²) in [5.74, 6) is 2.01. The normalized spacial score (nSPS) is 10.8. The summed E-state index contributed by atoms with van der Waals surface area (Å²) in [5.41, 5.74) is 1.42. The van der Waals surface area contributed by atoms with Crippen molar-refractivity contribution in [1.82, 2.24) is 9.97 Å². The molecule has 0 aromatic carbocycles. The average molecular weight is 232 g/mol. The summed E-state index contributed by atoms with van der Waals surface area (Å²) in [6.07, 6.45) is 1.52. The standard InChI is InChI=1S/C13H16N2O2/c1-4-9-6-7-11(17-9)12-14-8(3)10(5-2)13(16)15-12/h6-7H,4-5H2,1-3H3,(H,14,15,16). The summed E-state index contributed by atoms with van der Waals surface area (Å²) in [5, 5.41) is 0. The van der Waals surface area contributed by atoms with Crippen LogP contribution in [0.15, 0.2) is 21.3 Å². The van der Waals surface area contributed by atoms with Crippen LogP contribution in [0.2, 0.25) is 0 Å². The van der Waals surface area contributed by atoms with Gasteiger partial charge in [-0.25, -0.2) is 4.98 Å². The Kier molecular flexibility index (Phi) is 3.13. The van der Waals surface area contributed by atoms with Crippen LogP contribution in [0.25, 0.3) is 11.6 Å². The predicted octanol–water partition coefficient (Wildman–Crippen LogP) is 2.46. The van der Waals surface area contributed by atoms with Crippen LogP contribution in [0.5, 0.6) is 0 Å². The fraction of sp³-hybridized carbons (Fsp3) is 0.385. The lowest BCUT2D eigenvalue weighted by Crippen LogP contribution is -2.16. The van der Waals surface area contributed by atoms with Gasteiger partial charge in [-0.05, 0) is 25.5 Å². The molecule has 0 radical (unpaired) electrons. The molecule has 17 heavy (non-hydrogen) atoms. The van der Waals surface area contributed by atoms with Gasteiger partial charge in [0.15, 0.2) is 11.6 Å². The van der Waals surface area contributed by atoms with E-state index in [1.165, 1.54) is 0 Å². The van der Waals surface area contributed by atoms with E-state index in [1.54, 1.807) is 0 Å². The molecule has 0 aliphatic carbocycles.